The van der Waals surface area contributed by atoms with Crippen molar-refractivity contribution in [3.8, 4) is 17.2 Å². The molecule has 1 unspecified atom stereocenters. The van der Waals surface area contributed by atoms with Crippen molar-refractivity contribution in [2.24, 2.45) is 7.05 Å². The molecule has 1 N–H and O–H groups in total. The molecule has 7 heteroatoms. The van der Waals surface area contributed by atoms with Crippen molar-refractivity contribution >= 4 is 12.0 Å². The lowest BCUT2D eigenvalue weighted by Gasteiger charge is -2.18. The smallest absolute Gasteiger partial charge is 0.244 e. The van der Waals surface area contributed by atoms with E-state index in [1.165, 1.54) is 6.08 Å². The number of methoxy groups -OCH3 is 2. The Bertz CT molecular complexity index is 1090. The van der Waals surface area contributed by atoms with E-state index in [1.54, 1.807) is 38.6 Å². The molecule has 1 aromatic heterocycles. The Morgan fingerprint density at radius 1 is 1.16 bits per heavy atom. The minimum atomic E-state index is -0.415. The third kappa shape index (κ3) is 5.57. The monoisotopic (exact) mass is 433 g/mol. The van der Waals surface area contributed by atoms with Crippen LogP contribution in [0.1, 0.15) is 23.0 Å². The lowest BCUT2D eigenvalue weighted by atomic mass is 10.1. The predicted molar refractivity (Wildman–Crippen MR) is 124 cm³/mol. The molecule has 0 aliphatic rings. The van der Waals surface area contributed by atoms with Crippen molar-refractivity contribution in [2.45, 2.75) is 6.04 Å². The van der Waals surface area contributed by atoms with E-state index in [1.807, 2.05) is 54.2 Å². The van der Waals surface area contributed by atoms with E-state index < -0.39 is 6.04 Å². The summed E-state index contributed by atoms with van der Waals surface area (Å²) in [6.07, 6.45) is 8.42. The minimum Gasteiger partial charge on any atom is -0.497 e. The molecule has 166 valence electrons. The number of carbonyl (C=O) groups is 1. The molecule has 3 aromatic rings. The number of benzene rings is 2. The predicted octanol–water partition coefficient (Wildman–Crippen LogP) is 3.92. The summed E-state index contributed by atoms with van der Waals surface area (Å²) in [6, 6.07) is 12.6. The maximum atomic E-state index is 12.8. The topological polar surface area (TPSA) is 74.6 Å². The molecule has 0 bridgehead atoms. The van der Waals surface area contributed by atoms with Crippen LogP contribution in [0.5, 0.6) is 17.2 Å². The van der Waals surface area contributed by atoms with E-state index in [0.29, 0.717) is 18.1 Å². The molecular formula is C25H27N3O4. The number of aryl methyl sites for hydroxylation is 1. The number of rotatable bonds is 10. The van der Waals surface area contributed by atoms with E-state index >= 15 is 0 Å². The molecule has 0 aliphatic heterocycles. The third-order valence-corrected chi connectivity index (χ3v) is 4.82. The number of imidazole rings is 1. The molecule has 32 heavy (non-hydrogen) atoms. The van der Waals surface area contributed by atoms with Crippen LogP contribution >= 0.6 is 0 Å². The summed E-state index contributed by atoms with van der Waals surface area (Å²) in [5, 5.41) is 3.04. The average Bonchev–Trinajstić information content (AvgIpc) is 3.25. The second kappa shape index (κ2) is 10.9. The molecule has 0 saturated heterocycles. The van der Waals surface area contributed by atoms with Crippen LogP contribution in [0, 0.1) is 0 Å². The first-order chi connectivity index (χ1) is 15.5. The van der Waals surface area contributed by atoms with Gasteiger partial charge in [-0.05, 0) is 41.5 Å². The summed E-state index contributed by atoms with van der Waals surface area (Å²) in [5.74, 6) is 2.41. The molecule has 0 saturated carbocycles. The Kier molecular flexibility index (Phi) is 7.70. The summed E-state index contributed by atoms with van der Waals surface area (Å²) in [7, 11) is 5.08. The van der Waals surface area contributed by atoms with Gasteiger partial charge in [0.05, 0.1) is 14.2 Å². The average molecular weight is 434 g/mol. The highest BCUT2D eigenvalue weighted by Gasteiger charge is 2.20. The number of nitrogens with one attached hydrogen (secondary N) is 1. The molecule has 0 fully saturated rings. The van der Waals surface area contributed by atoms with Gasteiger partial charge in [-0.15, -0.1) is 0 Å². The van der Waals surface area contributed by atoms with Crippen molar-refractivity contribution in [1.82, 2.24) is 14.9 Å². The van der Waals surface area contributed by atoms with E-state index in [2.05, 4.69) is 16.9 Å². The molecule has 1 atom stereocenters. The molecule has 1 amide bonds. The van der Waals surface area contributed by atoms with Crippen LogP contribution in [0.3, 0.4) is 0 Å². The Labute approximate surface area is 188 Å². The maximum Gasteiger partial charge on any atom is 0.244 e. The van der Waals surface area contributed by atoms with Gasteiger partial charge in [0, 0.05) is 25.5 Å². The van der Waals surface area contributed by atoms with Gasteiger partial charge < -0.3 is 24.1 Å². The van der Waals surface area contributed by atoms with Gasteiger partial charge in [-0.2, -0.15) is 0 Å². The number of amides is 1. The molecular weight excluding hydrogens is 406 g/mol. The number of aromatic nitrogens is 2. The second-order valence-electron chi connectivity index (χ2n) is 6.95. The summed E-state index contributed by atoms with van der Waals surface area (Å²) in [4.78, 5) is 17.2. The zero-order valence-electron chi connectivity index (χ0n) is 18.4. The van der Waals surface area contributed by atoms with Gasteiger partial charge in [-0.3, -0.25) is 4.79 Å². The normalized spacial score (nSPS) is 11.7. The third-order valence-electron chi connectivity index (χ3n) is 4.82. The van der Waals surface area contributed by atoms with Crippen LogP contribution in [0.15, 0.2) is 73.6 Å². The molecule has 1 heterocycles. The fraction of sp³-hybridized carbons (Fsp3) is 0.200. The molecule has 0 aliphatic carbocycles. The van der Waals surface area contributed by atoms with Crippen molar-refractivity contribution < 1.29 is 19.0 Å². The van der Waals surface area contributed by atoms with Gasteiger partial charge >= 0.3 is 0 Å². The SMILES string of the molecule is C=CCOc1ccc(/C=C/C(=O)NC(c2ccc(OC)cc2)c2nccn2C)cc1OC. The molecule has 3 rings (SSSR count). The Morgan fingerprint density at radius 2 is 1.94 bits per heavy atom. The highest BCUT2D eigenvalue weighted by Crippen LogP contribution is 2.28. The van der Waals surface area contributed by atoms with Crippen LogP contribution in [0.4, 0.5) is 0 Å². The Morgan fingerprint density at radius 3 is 2.56 bits per heavy atom. The van der Waals surface area contributed by atoms with Crippen LogP contribution in [0.25, 0.3) is 6.08 Å². The van der Waals surface area contributed by atoms with Crippen molar-refractivity contribution in [3.05, 3.63) is 90.5 Å². The Hall–Kier alpha value is -4.00. The Balaban J connectivity index is 1.78. The quantitative estimate of drug-likeness (QED) is 0.387. The first-order valence-corrected chi connectivity index (χ1v) is 10.1. The second-order valence-corrected chi connectivity index (χ2v) is 6.95. The summed E-state index contributed by atoms with van der Waals surface area (Å²) in [6.45, 7) is 4.02. The fourth-order valence-electron chi connectivity index (χ4n) is 3.17. The fourth-order valence-corrected chi connectivity index (χ4v) is 3.17. The first kappa shape index (κ1) is 22.7. The van der Waals surface area contributed by atoms with E-state index in [9.17, 15) is 4.79 Å². The van der Waals surface area contributed by atoms with E-state index in [0.717, 1.165) is 22.7 Å². The standard InChI is InChI=1S/C25H27N3O4/c1-5-16-32-21-12-6-18(17-22(21)31-4)7-13-23(29)27-24(25-26-14-15-28(25)2)19-8-10-20(30-3)11-9-19/h5-15,17,24H,1,16H2,2-4H3,(H,27,29)/b13-7+. The zero-order chi connectivity index (χ0) is 22.9. The van der Waals surface area contributed by atoms with Gasteiger partial charge in [-0.25, -0.2) is 4.98 Å². The van der Waals surface area contributed by atoms with Gasteiger partial charge in [0.15, 0.2) is 11.5 Å². The van der Waals surface area contributed by atoms with Crippen LogP contribution in [-0.2, 0) is 11.8 Å². The molecule has 0 radical (unpaired) electrons. The lowest BCUT2D eigenvalue weighted by molar-refractivity contribution is -0.117. The number of nitrogens with zero attached hydrogens (tertiary/aromatic N) is 2. The molecule has 0 spiro atoms. The van der Waals surface area contributed by atoms with Gasteiger partial charge in [0.1, 0.15) is 24.2 Å². The number of ether oxygens (including phenoxy) is 3. The van der Waals surface area contributed by atoms with Crippen molar-refractivity contribution in [1.29, 1.82) is 0 Å². The zero-order valence-corrected chi connectivity index (χ0v) is 18.4. The van der Waals surface area contributed by atoms with E-state index in [-0.39, 0.29) is 5.91 Å². The summed E-state index contributed by atoms with van der Waals surface area (Å²) in [5.41, 5.74) is 1.70. The maximum absolute atomic E-state index is 12.8. The van der Waals surface area contributed by atoms with Crippen LogP contribution in [0.2, 0.25) is 0 Å². The van der Waals surface area contributed by atoms with Crippen molar-refractivity contribution in [3.63, 3.8) is 0 Å². The van der Waals surface area contributed by atoms with Crippen molar-refractivity contribution in [2.75, 3.05) is 20.8 Å². The highest BCUT2D eigenvalue weighted by molar-refractivity contribution is 5.92. The van der Waals surface area contributed by atoms with Gasteiger partial charge in [-0.1, -0.05) is 30.9 Å². The largest absolute Gasteiger partial charge is 0.497 e. The molecule has 2 aromatic carbocycles. The van der Waals surface area contributed by atoms with E-state index in [4.69, 9.17) is 14.2 Å². The van der Waals surface area contributed by atoms with Crippen LogP contribution in [-0.4, -0.2) is 36.3 Å². The highest BCUT2D eigenvalue weighted by atomic mass is 16.5. The summed E-state index contributed by atoms with van der Waals surface area (Å²) >= 11 is 0. The number of hydrogen-bond acceptors (Lipinski definition) is 5. The lowest BCUT2D eigenvalue weighted by Crippen LogP contribution is -2.29. The van der Waals surface area contributed by atoms with Gasteiger partial charge in [0.25, 0.3) is 0 Å². The first-order valence-electron chi connectivity index (χ1n) is 10.1. The summed E-state index contributed by atoms with van der Waals surface area (Å²) < 4.78 is 18.1. The van der Waals surface area contributed by atoms with Crippen LogP contribution < -0.4 is 19.5 Å². The number of carbonyl (C=O) groups excluding carboxylic acids is 1. The number of hydrogen-bond donors (Lipinski definition) is 1. The van der Waals surface area contributed by atoms with Gasteiger partial charge in [0.2, 0.25) is 5.91 Å². The molecule has 7 nitrogen and oxygen atoms in total. The minimum absolute atomic E-state index is 0.250.